The molecular formula is C9H17NO7S. The highest BCUT2D eigenvalue weighted by Crippen LogP contribution is 2.24. The monoisotopic (exact) mass is 283 g/mol. The zero-order valence-corrected chi connectivity index (χ0v) is 10.2. The first kappa shape index (κ1) is 15.6. The van der Waals surface area contributed by atoms with E-state index in [1.165, 1.54) is 0 Å². The van der Waals surface area contributed by atoms with Crippen molar-refractivity contribution in [2.24, 2.45) is 0 Å². The van der Waals surface area contributed by atoms with E-state index < -0.39 is 48.4 Å². The number of carbonyl (C=O) groups is 1. The first-order chi connectivity index (χ1) is 8.38. The maximum atomic E-state index is 10.7. The minimum atomic E-state index is -1.71. The zero-order chi connectivity index (χ0) is 13.9. The van der Waals surface area contributed by atoms with Gasteiger partial charge >= 0.3 is 5.97 Å². The molecule has 0 aliphatic carbocycles. The summed E-state index contributed by atoms with van der Waals surface area (Å²) in [7, 11) is 0. The summed E-state index contributed by atoms with van der Waals surface area (Å²) in [4.78, 5) is 10.7. The fourth-order valence-electron chi connectivity index (χ4n) is 1.55. The normalized spacial score (nSPS) is 30.7. The highest BCUT2D eigenvalue weighted by atomic mass is 32.2. The molecule has 1 saturated heterocycles. The third kappa shape index (κ3) is 3.54. The van der Waals surface area contributed by atoms with E-state index in [1.54, 1.807) is 0 Å². The summed E-state index contributed by atoms with van der Waals surface area (Å²) in [5.74, 6) is -0.842. The van der Waals surface area contributed by atoms with Crippen LogP contribution in [0.3, 0.4) is 0 Å². The number of thioether (sulfide) groups is 1. The number of carboxylic acids is 1. The second kappa shape index (κ2) is 6.66. The van der Waals surface area contributed by atoms with Crippen molar-refractivity contribution in [1.29, 1.82) is 0 Å². The average molecular weight is 283 g/mol. The largest absolute Gasteiger partial charge is 0.480 e. The van der Waals surface area contributed by atoms with E-state index in [2.05, 4.69) is 5.32 Å². The number of nitrogens with one attached hydrogen (secondary N) is 1. The lowest BCUT2D eigenvalue weighted by Gasteiger charge is -2.28. The van der Waals surface area contributed by atoms with Crippen molar-refractivity contribution in [2.75, 3.05) is 12.4 Å². The van der Waals surface area contributed by atoms with Gasteiger partial charge in [0.2, 0.25) is 0 Å². The number of aliphatic hydroxyl groups is 5. The predicted molar refractivity (Wildman–Crippen MR) is 61.9 cm³/mol. The van der Waals surface area contributed by atoms with Crippen LogP contribution in [-0.4, -0.2) is 84.8 Å². The van der Waals surface area contributed by atoms with Crippen LogP contribution < -0.4 is 5.32 Å². The molecule has 7 N–H and O–H groups in total. The van der Waals surface area contributed by atoms with Gasteiger partial charge in [-0.2, -0.15) is 0 Å². The van der Waals surface area contributed by atoms with Crippen LogP contribution in [0, 0.1) is 0 Å². The van der Waals surface area contributed by atoms with E-state index in [0.717, 1.165) is 11.8 Å². The van der Waals surface area contributed by atoms with E-state index in [9.17, 15) is 20.1 Å². The number of rotatable bonds is 6. The van der Waals surface area contributed by atoms with Crippen LogP contribution in [0.2, 0.25) is 0 Å². The summed E-state index contributed by atoms with van der Waals surface area (Å²) >= 11 is 1.09. The molecule has 1 aliphatic heterocycles. The minimum absolute atomic E-state index is 0.225. The Morgan fingerprint density at radius 1 is 1.28 bits per heavy atom. The molecule has 1 rings (SSSR count). The maximum Gasteiger partial charge on any atom is 0.321 e. The predicted octanol–water partition coefficient (Wildman–Crippen LogP) is -3.46. The van der Waals surface area contributed by atoms with Crippen molar-refractivity contribution in [1.82, 2.24) is 5.32 Å². The summed E-state index contributed by atoms with van der Waals surface area (Å²) in [6.45, 7) is -0.756. The second-order valence-corrected chi connectivity index (χ2v) is 5.21. The smallest absolute Gasteiger partial charge is 0.321 e. The first-order valence-corrected chi connectivity index (χ1v) is 6.37. The maximum absolute atomic E-state index is 10.7. The van der Waals surface area contributed by atoms with E-state index in [4.69, 9.17) is 15.3 Å². The molecule has 8 nitrogen and oxygen atoms in total. The van der Waals surface area contributed by atoms with Gasteiger partial charge in [-0.15, -0.1) is 11.8 Å². The second-order valence-electron chi connectivity index (χ2n) is 4.03. The molecule has 0 amide bonds. The lowest BCUT2D eigenvalue weighted by atomic mass is 10.0. The Morgan fingerprint density at radius 3 is 2.33 bits per heavy atom. The molecule has 9 heteroatoms. The van der Waals surface area contributed by atoms with Crippen LogP contribution in [0.25, 0.3) is 0 Å². The van der Waals surface area contributed by atoms with E-state index in [1.807, 2.05) is 0 Å². The van der Waals surface area contributed by atoms with Gasteiger partial charge in [-0.1, -0.05) is 0 Å². The van der Waals surface area contributed by atoms with Crippen LogP contribution in [0.15, 0.2) is 0 Å². The van der Waals surface area contributed by atoms with Crippen molar-refractivity contribution in [3.63, 3.8) is 0 Å². The lowest BCUT2D eigenvalue weighted by molar-refractivity contribution is -0.139. The highest BCUT2D eigenvalue weighted by molar-refractivity contribution is 8.00. The van der Waals surface area contributed by atoms with Gasteiger partial charge in [-0.05, 0) is 0 Å². The molecule has 0 aromatic heterocycles. The summed E-state index contributed by atoms with van der Waals surface area (Å²) in [5, 5.41) is 57.1. The topological polar surface area (TPSA) is 150 Å². The summed E-state index contributed by atoms with van der Waals surface area (Å²) in [5.41, 5.74) is 0. The summed E-state index contributed by atoms with van der Waals surface area (Å²) in [6, 6.07) is -0.832. The van der Waals surface area contributed by atoms with E-state index in [-0.39, 0.29) is 5.75 Å². The van der Waals surface area contributed by atoms with Crippen molar-refractivity contribution >= 4 is 17.7 Å². The van der Waals surface area contributed by atoms with Gasteiger partial charge in [0.05, 0.1) is 12.0 Å². The van der Waals surface area contributed by atoms with Gasteiger partial charge in [0.25, 0.3) is 0 Å². The number of aliphatic carboxylic acids is 1. The Bertz CT molecular complexity index is 292. The van der Waals surface area contributed by atoms with Gasteiger partial charge in [-0.3, -0.25) is 10.1 Å². The van der Waals surface area contributed by atoms with Gasteiger partial charge in [-0.25, -0.2) is 0 Å². The number of carboxylic acid groups (broad SMARTS) is 1. The molecule has 18 heavy (non-hydrogen) atoms. The molecule has 0 aromatic carbocycles. The van der Waals surface area contributed by atoms with Crippen LogP contribution in [0.4, 0.5) is 0 Å². The highest BCUT2D eigenvalue weighted by Gasteiger charge is 2.40. The number of hydrogen-bond donors (Lipinski definition) is 7. The summed E-state index contributed by atoms with van der Waals surface area (Å²) < 4.78 is 0. The summed E-state index contributed by atoms with van der Waals surface area (Å²) in [6.07, 6.45) is -6.44. The van der Waals surface area contributed by atoms with Crippen molar-refractivity contribution in [3.8, 4) is 0 Å². The van der Waals surface area contributed by atoms with Gasteiger partial charge in [0.1, 0.15) is 30.5 Å². The Balaban J connectivity index is 2.54. The van der Waals surface area contributed by atoms with Crippen molar-refractivity contribution in [3.05, 3.63) is 0 Å². The van der Waals surface area contributed by atoms with E-state index in [0.29, 0.717) is 0 Å². The molecule has 1 aliphatic rings. The molecule has 1 heterocycles. The van der Waals surface area contributed by atoms with Crippen LogP contribution in [0.1, 0.15) is 0 Å². The third-order valence-electron chi connectivity index (χ3n) is 2.70. The Morgan fingerprint density at radius 2 is 1.89 bits per heavy atom. The molecular weight excluding hydrogens is 266 g/mol. The molecule has 0 radical (unpaired) electrons. The Labute approximate surface area is 107 Å². The molecule has 0 bridgehead atoms. The molecule has 1 fully saturated rings. The minimum Gasteiger partial charge on any atom is -0.480 e. The van der Waals surface area contributed by atoms with Gasteiger partial charge in [0, 0.05) is 5.75 Å². The van der Waals surface area contributed by atoms with Crippen molar-refractivity contribution in [2.45, 2.75) is 35.8 Å². The fraction of sp³-hybridized carbons (Fsp3) is 0.889. The van der Waals surface area contributed by atoms with Gasteiger partial charge in [0.15, 0.2) is 0 Å². The Kier molecular flexibility index (Phi) is 5.79. The first-order valence-electron chi connectivity index (χ1n) is 5.32. The zero-order valence-electron chi connectivity index (χ0n) is 9.38. The lowest BCUT2D eigenvalue weighted by Crippen LogP contribution is -2.52. The molecule has 1 unspecified atom stereocenters. The Hall–Kier alpha value is -0.420. The van der Waals surface area contributed by atoms with Crippen LogP contribution >= 0.6 is 11.8 Å². The number of hydrogen-bond acceptors (Lipinski definition) is 8. The van der Waals surface area contributed by atoms with Gasteiger partial charge < -0.3 is 30.6 Å². The third-order valence-corrected chi connectivity index (χ3v) is 4.00. The van der Waals surface area contributed by atoms with Crippen LogP contribution in [0.5, 0.6) is 0 Å². The molecule has 106 valence electrons. The van der Waals surface area contributed by atoms with E-state index >= 15 is 0 Å². The quantitative estimate of drug-likeness (QED) is 0.264. The molecule has 6 atom stereocenters. The van der Waals surface area contributed by atoms with Crippen molar-refractivity contribution < 1.29 is 35.4 Å². The van der Waals surface area contributed by atoms with Crippen LogP contribution in [-0.2, 0) is 4.79 Å². The molecule has 0 spiro atoms. The number of aliphatic hydroxyl groups excluding tert-OH is 5. The molecule has 0 aromatic rings. The molecule has 0 saturated carbocycles. The SMILES string of the molecule is O=C(O)[C@@H]1CSC([C@@H](O)[C@@H](O)[C@H](O)[C@H](O)CO)N1. The average Bonchev–Trinajstić information content (AvgIpc) is 2.84. The fourth-order valence-corrected chi connectivity index (χ4v) is 2.81. The standard InChI is InChI=1S/C9H17NO7S/c11-1-4(12)5(13)6(14)7(15)8-10-3(2-18-8)9(16)17/h3-8,10-15H,1-2H2,(H,16,17)/t3-,4+,5+,6-,7-,8?/m0/s1.